The standard InChI is InChI=1S/C63H41N5/c1-6-20-42(21-7-1)47-34-37-58(55(41-47)50-39-48(43-22-8-2-9-23-43)38-49(40-50)44-24-10-3-11-25-44)67-56-32-18-16-30-51(56)53-35-36-54-52-31-17-19-33-57(52)68(60(54)59(53)67)63-65-61(45-26-12-4-13-27-45)64-62(66-63)46-28-14-5-15-29-46/h1-41H. The van der Waals surface area contributed by atoms with Gasteiger partial charge in [0.25, 0.3) is 0 Å². The van der Waals surface area contributed by atoms with Crippen LogP contribution in [0.4, 0.5) is 0 Å². The van der Waals surface area contributed by atoms with E-state index < -0.39 is 0 Å². The topological polar surface area (TPSA) is 48.5 Å². The summed E-state index contributed by atoms with van der Waals surface area (Å²) in [6.45, 7) is 0. The molecule has 13 aromatic rings. The van der Waals surface area contributed by atoms with Crippen molar-refractivity contribution >= 4 is 43.6 Å². The normalized spacial score (nSPS) is 11.5. The number of aromatic nitrogens is 5. The van der Waals surface area contributed by atoms with Crippen molar-refractivity contribution in [1.82, 2.24) is 24.1 Å². The first-order valence-corrected chi connectivity index (χ1v) is 23.0. The molecule has 13 rings (SSSR count). The van der Waals surface area contributed by atoms with Gasteiger partial charge in [0, 0.05) is 38.2 Å². The van der Waals surface area contributed by atoms with Crippen molar-refractivity contribution in [3.05, 3.63) is 249 Å². The fourth-order valence-corrected chi connectivity index (χ4v) is 10.0. The van der Waals surface area contributed by atoms with Crippen LogP contribution in [0, 0.1) is 0 Å². The van der Waals surface area contributed by atoms with E-state index in [9.17, 15) is 0 Å². The van der Waals surface area contributed by atoms with Gasteiger partial charge in [0.15, 0.2) is 11.6 Å². The molecule has 5 heteroatoms. The van der Waals surface area contributed by atoms with Crippen LogP contribution in [0.2, 0.25) is 0 Å². The molecule has 0 bridgehead atoms. The number of benzene rings is 10. The number of rotatable bonds is 8. The molecule has 0 fully saturated rings. The van der Waals surface area contributed by atoms with Crippen molar-refractivity contribution in [3.63, 3.8) is 0 Å². The Hall–Kier alpha value is -9.19. The lowest BCUT2D eigenvalue weighted by Gasteiger charge is -2.19. The zero-order valence-corrected chi connectivity index (χ0v) is 36.9. The van der Waals surface area contributed by atoms with Crippen molar-refractivity contribution in [2.75, 3.05) is 0 Å². The van der Waals surface area contributed by atoms with Crippen LogP contribution >= 0.6 is 0 Å². The van der Waals surface area contributed by atoms with Gasteiger partial charge in [-0.25, -0.2) is 4.98 Å². The molecule has 0 saturated carbocycles. The molecule has 0 atom stereocenters. The number of nitrogens with zero attached hydrogens (tertiary/aromatic N) is 5. The summed E-state index contributed by atoms with van der Waals surface area (Å²) >= 11 is 0. The smallest absolute Gasteiger partial charge is 0.238 e. The third kappa shape index (κ3) is 6.68. The number of hydrogen-bond acceptors (Lipinski definition) is 3. The van der Waals surface area contributed by atoms with Crippen LogP contribution in [0.1, 0.15) is 0 Å². The average Bonchev–Trinajstić information content (AvgIpc) is 3.95. The summed E-state index contributed by atoms with van der Waals surface area (Å²) in [6, 6.07) is 88.5. The Bertz CT molecular complexity index is 3880. The van der Waals surface area contributed by atoms with Crippen LogP contribution < -0.4 is 0 Å². The SMILES string of the molecule is c1ccc(-c2cc(-c3ccccc3)cc(-c3cc(-c4ccccc4)ccc3-n3c4ccccc4c4ccc5c6ccccc6n(-c6nc(-c7ccccc7)nc(-c7ccccc7)n6)c5c43)c2)cc1. The zero-order chi connectivity index (χ0) is 45.0. The first-order valence-electron chi connectivity index (χ1n) is 23.0. The van der Waals surface area contributed by atoms with E-state index in [2.05, 4.69) is 221 Å². The molecule has 0 saturated heterocycles. The molecular formula is C63H41N5. The van der Waals surface area contributed by atoms with E-state index in [1.165, 1.54) is 0 Å². The van der Waals surface area contributed by atoms with Crippen molar-refractivity contribution in [1.29, 1.82) is 0 Å². The summed E-state index contributed by atoms with van der Waals surface area (Å²) in [4.78, 5) is 15.8. The largest absolute Gasteiger partial charge is 0.307 e. The minimum atomic E-state index is 0.552. The third-order valence-electron chi connectivity index (χ3n) is 13.2. The van der Waals surface area contributed by atoms with Crippen molar-refractivity contribution in [2.45, 2.75) is 0 Å². The highest BCUT2D eigenvalue weighted by Gasteiger charge is 2.25. The molecule has 0 aliphatic heterocycles. The fraction of sp³-hybridized carbons (Fsp3) is 0. The van der Waals surface area contributed by atoms with Gasteiger partial charge in [0.1, 0.15) is 0 Å². The molecule has 5 nitrogen and oxygen atoms in total. The van der Waals surface area contributed by atoms with Crippen LogP contribution in [-0.4, -0.2) is 24.1 Å². The monoisotopic (exact) mass is 867 g/mol. The predicted octanol–water partition coefficient (Wildman–Crippen LogP) is 16.1. The Morgan fingerprint density at radius 1 is 0.250 bits per heavy atom. The van der Waals surface area contributed by atoms with E-state index >= 15 is 0 Å². The van der Waals surface area contributed by atoms with Crippen LogP contribution in [0.5, 0.6) is 0 Å². The van der Waals surface area contributed by atoms with E-state index in [0.717, 1.165) is 105 Å². The lowest BCUT2D eigenvalue weighted by atomic mass is 9.91. The first-order chi connectivity index (χ1) is 33.7. The lowest BCUT2D eigenvalue weighted by molar-refractivity contribution is 0.953. The number of fused-ring (bicyclic) bond motifs is 7. The summed E-state index contributed by atoms with van der Waals surface area (Å²) in [5, 5.41) is 4.53. The number of para-hydroxylation sites is 2. The van der Waals surface area contributed by atoms with Crippen LogP contribution in [0.25, 0.3) is 123 Å². The molecule has 3 heterocycles. The molecule has 318 valence electrons. The van der Waals surface area contributed by atoms with Crippen molar-refractivity contribution in [2.24, 2.45) is 0 Å². The molecule has 0 aliphatic rings. The van der Waals surface area contributed by atoms with Gasteiger partial charge < -0.3 is 4.57 Å². The van der Waals surface area contributed by atoms with E-state index in [0.29, 0.717) is 17.6 Å². The fourth-order valence-electron chi connectivity index (χ4n) is 10.0. The van der Waals surface area contributed by atoms with Crippen molar-refractivity contribution < 1.29 is 0 Å². The summed E-state index contributed by atoms with van der Waals surface area (Å²) in [5.41, 5.74) is 16.3. The molecule has 3 aromatic heterocycles. The average molecular weight is 868 g/mol. The van der Waals surface area contributed by atoms with E-state index in [-0.39, 0.29) is 0 Å². The maximum absolute atomic E-state index is 5.35. The first kappa shape index (κ1) is 39.2. The third-order valence-corrected chi connectivity index (χ3v) is 13.2. The molecular weight excluding hydrogens is 827 g/mol. The maximum Gasteiger partial charge on any atom is 0.238 e. The second-order valence-electron chi connectivity index (χ2n) is 17.2. The second kappa shape index (κ2) is 16.4. The van der Waals surface area contributed by atoms with Gasteiger partial charge in [-0.15, -0.1) is 0 Å². The van der Waals surface area contributed by atoms with Gasteiger partial charge in [-0.2, -0.15) is 9.97 Å². The highest BCUT2D eigenvalue weighted by Crippen LogP contribution is 2.45. The van der Waals surface area contributed by atoms with E-state index in [1.807, 2.05) is 36.4 Å². The Morgan fingerprint density at radius 2 is 0.647 bits per heavy atom. The summed E-state index contributed by atoms with van der Waals surface area (Å²) < 4.78 is 4.76. The quantitative estimate of drug-likeness (QED) is 0.153. The van der Waals surface area contributed by atoms with Crippen molar-refractivity contribution in [3.8, 4) is 78.9 Å². The van der Waals surface area contributed by atoms with Gasteiger partial charge in [-0.1, -0.05) is 206 Å². The van der Waals surface area contributed by atoms with Crippen LogP contribution in [0.15, 0.2) is 249 Å². The van der Waals surface area contributed by atoms with Gasteiger partial charge in [0.2, 0.25) is 5.95 Å². The molecule has 0 unspecified atom stereocenters. The Morgan fingerprint density at radius 3 is 1.15 bits per heavy atom. The molecule has 0 N–H and O–H groups in total. The summed E-state index contributed by atoms with van der Waals surface area (Å²) in [5.74, 6) is 1.77. The molecule has 68 heavy (non-hydrogen) atoms. The molecule has 0 spiro atoms. The summed E-state index contributed by atoms with van der Waals surface area (Å²) in [6.07, 6.45) is 0. The summed E-state index contributed by atoms with van der Waals surface area (Å²) in [7, 11) is 0. The molecule has 0 amide bonds. The molecule has 0 radical (unpaired) electrons. The number of hydrogen-bond donors (Lipinski definition) is 0. The van der Waals surface area contributed by atoms with Crippen LogP contribution in [-0.2, 0) is 0 Å². The van der Waals surface area contributed by atoms with E-state index in [4.69, 9.17) is 15.0 Å². The van der Waals surface area contributed by atoms with Gasteiger partial charge in [0.05, 0.1) is 27.8 Å². The zero-order valence-electron chi connectivity index (χ0n) is 36.9. The minimum absolute atomic E-state index is 0.552. The highest BCUT2D eigenvalue weighted by atomic mass is 15.2. The minimum Gasteiger partial charge on any atom is -0.307 e. The Kier molecular flexibility index (Phi) is 9.43. The van der Waals surface area contributed by atoms with Gasteiger partial charge in [-0.05, 0) is 81.4 Å². The lowest BCUT2D eigenvalue weighted by Crippen LogP contribution is -2.07. The van der Waals surface area contributed by atoms with Crippen LogP contribution in [0.3, 0.4) is 0 Å². The maximum atomic E-state index is 5.35. The molecule has 10 aromatic carbocycles. The Labute approximate surface area is 393 Å². The highest BCUT2D eigenvalue weighted by molar-refractivity contribution is 6.24. The Balaban J connectivity index is 1.16. The second-order valence-corrected chi connectivity index (χ2v) is 17.2. The van der Waals surface area contributed by atoms with Gasteiger partial charge >= 0.3 is 0 Å². The van der Waals surface area contributed by atoms with E-state index in [1.54, 1.807) is 0 Å². The predicted molar refractivity (Wildman–Crippen MR) is 281 cm³/mol. The molecule has 0 aliphatic carbocycles. The van der Waals surface area contributed by atoms with Gasteiger partial charge in [-0.3, -0.25) is 4.57 Å².